The highest BCUT2D eigenvalue weighted by Gasteiger charge is 2.17. The van der Waals surface area contributed by atoms with Crippen LogP contribution in [0.3, 0.4) is 0 Å². The first-order chi connectivity index (χ1) is 10.8. The van der Waals surface area contributed by atoms with Crippen LogP contribution in [0.5, 0.6) is 0 Å². The van der Waals surface area contributed by atoms with Crippen LogP contribution < -0.4 is 11.1 Å². The molecule has 0 fully saturated rings. The minimum atomic E-state index is -3.51. The molecule has 2 aromatic carbocycles. The van der Waals surface area contributed by atoms with Gasteiger partial charge in [0, 0.05) is 24.0 Å². The second-order valence-corrected chi connectivity index (χ2v) is 7.85. The molecular formula is C17H23N3O2S. The molecule has 0 heterocycles. The molecule has 2 rings (SSSR count). The zero-order valence-electron chi connectivity index (χ0n) is 13.7. The zero-order valence-corrected chi connectivity index (χ0v) is 14.5. The molecule has 23 heavy (non-hydrogen) atoms. The number of nitrogens with one attached hydrogen (secondary N) is 1. The Morgan fingerprint density at radius 1 is 1.00 bits per heavy atom. The standard InChI is InChI=1S/C17H23N3O2S/c1-13(12-20(2)3)19-15-6-10-17(11-7-15)23(21,22)16-8-4-14(18)5-9-16/h4-11,13,19H,12,18H2,1-3H3. The maximum absolute atomic E-state index is 12.6. The van der Waals surface area contributed by atoms with Crippen molar-refractivity contribution in [1.29, 1.82) is 0 Å². The van der Waals surface area contributed by atoms with E-state index in [1.165, 1.54) is 12.1 Å². The van der Waals surface area contributed by atoms with E-state index in [1.54, 1.807) is 36.4 Å². The summed E-state index contributed by atoms with van der Waals surface area (Å²) < 4.78 is 25.1. The molecule has 3 N–H and O–H groups in total. The van der Waals surface area contributed by atoms with E-state index in [0.717, 1.165) is 12.2 Å². The number of sulfone groups is 1. The monoisotopic (exact) mass is 333 g/mol. The summed E-state index contributed by atoms with van der Waals surface area (Å²) in [5.41, 5.74) is 7.04. The maximum atomic E-state index is 12.6. The molecule has 0 spiro atoms. The lowest BCUT2D eigenvalue weighted by atomic mass is 10.2. The van der Waals surface area contributed by atoms with E-state index >= 15 is 0 Å². The molecule has 0 saturated carbocycles. The molecule has 0 aliphatic carbocycles. The number of likely N-dealkylation sites (N-methyl/N-ethyl adjacent to an activating group) is 1. The normalized spacial score (nSPS) is 13.0. The Morgan fingerprint density at radius 2 is 1.48 bits per heavy atom. The second kappa shape index (κ2) is 7.02. The number of nitrogens with two attached hydrogens (primary N) is 1. The summed E-state index contributed by atoms with van der Waals surface area (Å²) in [6.07, 6.45) is 0. The van der Waals surface area contributed by atoms with Gasteiger partial charge in [-0.1, -0.05) is 0 Å². The highest BCUT2D eigenvalue weighted by atomic mass is 32.2. The molecule has 6 heteroatoms. The summed E-state index contributed by atoms with van der Waals surface area (Å²) >= 11 is 0. The zero-order chi connectivity index (χ0) is 17.0. The van der Waals surface area contributed by atoms with E-state index < -0.39 is 9.84 Å². The Morgan fingerprint density at radius 3 is 1.96 bits per heavy atom. The first-order valence-corrected chi connectivity index (χ1v) is 8.89. The van der Waals surface area contributed by atoms with Crippen molar-refractivity contribution < 1.29 is 8.42 Å². The van der Waals surface area contributed by atoms with Crippen molar-refractivity contribution in [3.8, 4) is 0 Å². The maximum Gasteiger partial charge on any atom is 0.206 e. The lowest BCUT2D eigenvalue weighted by molar-refractivity contribution is 0.392. The first-order valence-electron chi connectivity index (χ1n) is 7.41. The van der Waals surface area contributed by atoms with E-state index in [1.807, 2.05) is 14.1 Å². The molecule has 1 unspecified atom stereocenters. The molecule has 0 saturated heterocycles. The van der Waals surface area contributed by atoms with Gasteiger partial charge in [0.2, 0.25) is 9.84 Å². The quantitative estimate of drug-likeness (QED) is 0.794. The molecule has 2 aromatic rings. The fourth-order valence-electron chi connectivity index (χ4n) is 2.39. The molecule has 0 aliphatic rings. The van der Waals surface area contributed by atoms with Gasteiger partial charge in [-0.3, -0.25) is 0 Å². The van der Waals surface area contributed by atoms with Crippen LogP contribution in [0.4, 0.5) is 11.4 Å². The lowest BCUT2D eigenvalue weighted by Crippen LogP contribution is -2.29. The van der Waals surface area contributed by atoms with Crippen molar-refractivity contribution >= 4 is 21.2 Å². The third-order valence-corrected chi connectivity index (χ3v) is 5.19. The molecule has 0 aliphatic heterocycles. The van der Waals surface area contributed by atoms with Gasteiger partial charge < -0.3 is 16.0 Å². The van der Waals surface area contributed by atoms with Crippen LogP contribution in [0.2, 0.25) is 0 Å². The average molecular weight is 333 g/mol. The van der Waals surface area contributed by atoms with Gasteiger partial charge in [0.1, 0.15) is 0 Å². The van der Waals surface area contributed by atoms with E-state index in [9.17, 15) is 8.42 Å². The molecule has 0 radical (unpaired) electrons. The largest absolute Gasteiger partial charge is 0.399 e. The van der Waals surface area contributed by atoms with E-state index in [4.69, 9.17) is 5.73 Å². The number of hydrogen-bond donors (Lipinski definition) is 2. The van der Waals surface area contributed by atoms with Crippen LogP contribution in [-0.4, -0.2) is 40.0 Å². The van der Waals surface area contributed by atoms with E-state index in [0.29, 0.717) is 5.69 Å². The first kappa shape index (κ1) is 17.3. The molecule has 5 nitrogen and oxygen atoms in total. The molecular weight excluding hydrogens is 310 g/mol. The smallest absolute Gasteiger partial charge is 0.206 e. The van der Waals surface area contributed by atoms with Gasteiger partial charge in [-0.2, -0.15) is 0 Å². The van der Waals surface area contributed by atoms with Gasteiger partial charge in [-0.05, 0) is 69.6 Å². The Labute approximate surface area is 138 Å². The number of nitrogen functional groups attached to an aromatic ring is 1. The Hall–Kier alpha value is -2.05. The van der Waals surface area contributed by atoms with Gasteiger partial charge in [0.05, 0.1) is 9.79 Å². The summed E-state index contributed by atoms with van der Waals surface area (Å²) in [5.74, 6) is 0. The van der Waals surface area contributed by atoms with Crippen LogP contribution in [0, 0.1) is 0 Å². The van der Waals surface area contributed by atoms with Crippen LogP contribution >= 0.6 is 0 Å². The molecule has 0 bridgehead atoms. The second-order valence-electron chi connectivity index (χ2n) is 5.90. The predicted octanol–water partition coefficient (Wildman–Crippen LogP) is 2.46. The third-order valence-electron chi connectivity index (χ3n) is 3.41. The van der Waals surface area contributed by atoms with Crippen LogP contribution in [-0.2, 0) is 9.84 Å². The SMILES string of the molecule is CC(CN(C)C)Nc1ccc(S(=O)(=O)c2ccc(N)cc2)cc1. The molecule has 0 amide bonds. The van der Waals surface area contributed by atoms with Gasteiger partial charge in [-0.25, -0.2) is 8.42 Å². The van der Waals surface area contributed by atoms with Gasteiger partial charge in [0.15, 0.2) is 0 Å². The van der Waals surface area contributed by atoms with Crippen molar-refractivity contribution in [2.45, 2.75) is 22.8 Å². The topological polar surface area (TPSA) is 75.4 Å². The number of benzene rings is 2. The Bertz CT molecular complexity index is 738. The predicted molar refractivity (Wildman–Crippen MR) is 94.4 cm³/mol. The lowest BCUT2D eigenvalue weighted by Gasteiger charge is -2.19. The summed E-state index contributed by atoms with van der Waals surface area (Å²) in [6.45, 7) is 2.98. The number of anilines is 2. The number of nitrogens with zero attached hydrogens (tertiary/aromatic N) is 1. The number of rotatable bonds is 6. The van der Waals surface area contributed by atoms with Crippen molar-refractivity contribution in [3.63, 3.8) is 0 Å². The van der Waals surface area contributed by atoms with Crippen LogP contribution in [0.25, 0.3) is 0 Å². The van der Waals surface area contributed by atoms with Crippen molar-refractivity contribution in [1.82, 2.24) is 4.90 Å². The minimum absolute atomic E-state index is 0.244. The number of hydrogen-bond acceptors (Lipinski definition) is 5. The minimum Gasteiger partial charge on any atom is -0.399 e. The van der Waals surface area contributed by atoms with Gasteiger partial charge in [0.25, 0.3) is 0 Å². The highest BCUT2D eigenvalue weighted by molar-refractivity contribution is 7.91. The summed E-state index contributed by atoms with van der Waals surface area (Å²) in [7, 11) is 0.517. The average Bonchev–Trinajstić information content (AvgIpc) is 2.47. The van der Waals surface area contributed by atoms with E-state index in [-0.39, 0.29) is 15.8 Å². The Kier molecular flexibility index (Phi) is 5.28. The summed E-state index contributed by atoms with van der Waals surface area (Å²) in [6, 6.07) is 13.3. The summed E-state index contributed by atoms with van der Waals surface area (Å²) in [5, 5.41) is 3.35. The van der Waals surface area contributed by atoms with Crippen molar-refractivity contribution in [3.05, 3.63) is 48.5 Å². The third kappa shape index (κ3) is 4.46. The van der Waals surface area contributed by atoms with Crippen LogP contribution in [0.15, 0.2) is 58.3 Å². The fourth-order valence-corrected chi connectivity index (χ4v) is 3.65. The molecule has 124 valence electrons. The fraction of sp³-hybridized carbons (Fsp3) is 0.294. The van der Waals surface area contributed by atoms with Crippen molar-refractivity contribution in [2.24, 2.45) is 0 Å². The van der Waals surface area contributed by atoms with Gasteiger partial charge >= 0.3 is 0 Å². The molecule has 1 atom stereocenters. The molecule has 0 aromatic heterocycles. The van der Waals surface area contributed by atoms with Crippen molar-refractivity contribution in [2.75, 3.05) is 31.7 Å². The van der Waals surface area contributed by atoms with Gasteiger partial charge in [-0.15, -0.1) is 0 Å². The Balaban J connectivity index is 2.17. The highest BCUT2D eigenvalue weighted by Crippen LogP contribution is 2.23. The summed E-state index contributed by atoms with van der Waals surface area (Å²) in [4.78, 5) is 2.61. The van der Waals surface area contributed by atoms with E-state index in [2.05, 4.69) is 17.1 Å². The van der Waals surface area contributed by atoms with Crippen LogP contribution in [0.1, 0.15) is 6.92 Å².